The summed E-state index contributed by atoms with van der Waals surface area (Å²) in [6.45, 7) is 0. The van der Waals surface area contributed by atoms with Gasteiger partial charge in [-0.15, -0.1) is 22.7 Å². The van der Waals surface area contributed by atoms with E-state index in [4.69, 9.17) is 4.42 Å². The lowest BCUT2D eigenvalue weighted by molar-refractivity contribution is 0.674. The molecule has 3 heterocycles. The summed E-state index contributed by atoms with van der Waals surface area (Å²) in [6.07, 6.45) is 0. The Morgan fingerprint density at radius 3 is 1.77 bits per heavy atom. The first-order valence-electron chi connectivity index (χ1n) is 18.9. The molecule has 0 unspecified atom stereocenters. The van der Waals surface area contributed by atoms with Crippen LogP contribution in [0.15, 0.2) is 192 Å². The molecule has 0 aliphatic heterocycles. The first-order valence-corrected chi connectivity index (χ1v) is 20.5. The summed E-state index contributed by atoms with van der Waals surface area (Å²) in [4.78, 5) is 2.42. The highest BCUT2D eigenvalue weighted by Gasteiger charge is 2.20. The molecule has 0 N–H and O–H groups in total. The Morgan fingerprint density at radius 2 is 0.946 bits per heavy atom. The summed E-state index contributed by atoms with van der Waals surface area (Å²) in [5.74, 6) is 0. The average Bonchev–Trinajstić information content (AvgIpc) is 3.96. The SMILES string of the molecule is c1ccc2c(c1)ccc1c3cccc(-c4ccc(N(c5ccc(-c6ccc7sc8ccccc8c7c6)cc5)c5cccc6sc7ccccc7c56)cc4)c3oc21. The molecule has 2 nitrogen and oxygen atoms in total. The fourth-order valence-corrected chi connectivity index (χ4v) is 10.8. The van der Waals surface area contributed by atoms with E-state index >= 15 is 0 Å². The van der Waals surface area contributed by atoms with Gasteiger partial charge in [-0.3, -0.25) is 0 Å². The first kappa shape index (κ1) is 31.6. The number of para-hydroxylation sites is 1. The van der Waals surface area contributed by atoms with Gasteiger partial charge in [-0.2, -0.15) is 0 Å². The minimum atomic E-state index is 0.919. The quantitative estimate of drug-likeness (QED) is 0.174. The molecule has 0 spiro atoms. The minimum absolute atomic E-state index is 0.919. The number of fused-ring (bicyclic) bond motifs is 11. The molecule has 0 bridgehead atoms. The van der Waals surface area contributed by atoms with Crippen LogP contribution in [0.4, 0.5) is 17.1 Å². The number of nitrogens with zero attached hydrogens (tertiary/aromatic N) is 1. The minimum Gasteiger partial charge on any atom is -0.455 e. The van der Waals surface area contributed by atoms with Gasteiger partial charge < -0.3 is 9.32 Å². The van der Waals surface area contributed by atoms with Crippen molar-refractivity contribution in [2.24, 2.45) is 0 Å². The summed E-state index contributed by atoms with van der Waals surface area (Å²) < 4.78 is 12.0. The Kier molecular flexibility index (Phi) is 7.00. The van der Waals surface area contributed by atoms with Crippen LogP contribution in [0.25, 0.3) is 95.3 Å². The van der Waals surface area contributed by atoms with Crippen LogP contribution < -0.4 is 4.90 Å². The molecule has 0 saturated heterocycles. The van der Waals surface area contributed by atoms with Crippen LogP contribution in [0.1, 0.15) is 0 Å². The van der Waals surface area contributed by atoms with E-state index in [2.05, 4.69) is 193 Å². The molecule has 3 aromatic heterocycles. The van der Waals surface area contributed by atoms with Gasteiger partial charge in [0.25, 0.3) is 0 Å². The second-order valence-electron chi connectivity index (χ2n) is 14.4. The highest BCUT2D eigenvalue weighted by atomic mass is 32.1. The van der Waals surface area contributed by atoms with Crippen molar-refractivity contribution in [3.05, 3.63) is 188 Å². The lowest BCUT2D eigenvalue weighted by Gasteiger charge is -2.27. The molecule has 0 radical (unpaired) electrons. The molecule has 0 atom stereocenters. The zero-order chi connectivity index (χ0) is 36.7. The highest BCUT2D eigenvalue weighted by Crippen LogP contribution is 2.46. The van der Waals surface area contributed by atoms with Gasteiger partial charge in [0.2, 0.25) is 0 Å². The monoisotopic (exact) mass is 749 g/mol. The molecule has 0 aliphatic carbocycles. The number of rotatable bonds is 5. The maximum absolute atomic E-state index is 6.73. The zero-order valence-corrected chi connectivity index (χ0v) is 31.7. The molecule has 12 aromatic rings. The average molecular weight is 750 g/mol. The molecular weight excluding hydrogens is 719 g/mol. The van der Waals surface area contributed by atoms with E-state index in [0.29, 0.717) is 0 Å². The number of hydrogen-bond acceptors (Lipinski definition) is 4. The Balaban J connectivity index is 0.993. The van der Waals surface area contributed by atoms with Crippen molar-refractivity contribution in [2.45, 2.75) is 0 Å². The van der Waals surface area contributed by atoms with Gasteiger partial charge in [-0.1, -0.05) is 121 Å². The smallest absolute Gasteiger partial charge is 0.143 e. The van der Waals surface area contributed by atoms with E-state index < -0.39 is 0 Å². The van der Waals surface area contributed by atoms with Crippen molar-refractivity contribution in [3.8, 4) is 22.3 Å². The summed E-state index contributed by atoms with van der Waals surface area (Å²) in [7, 11) is 0. The molecule has 12 rings (SSSR count). The van der Waals surface area contributed by atoms with E-state index in [1.54, 1.807) is 0 Å². The van der Waals surface area contributed by atoms with E-state index in [0.717, 1.165) is 55.5 Å². The predicted octanol–water partition coefficient (Wildman–Crippen LogP) is 16.3. The third-order valence-electron chi connectivity index (χ3n) is 11.3. The fraction of sp³-hybridized carbons (Fsp3) is 0. The van der Waals surface area contributed by atoms with Crippen molar-refractivity contribution in [2.75, 3.05) is 4.90 Å². The van der Waals surface area contributed by atoms with Crippen LogP contribution in [-0.4, -0.2) is 0 Å². The molecule has 0 saturated carbocycles. The van der Waals surface area contributed by atoms with Crippen molar-refractivity contribution >= 4 is 113 Å². The second kappa shape index (κ2) is 12.4. The van der Waals surface area contributed by atoms with Gasteiger partial charge in [0, 0.05) is 73.4 Å². The van der Waals surface area contributed by atoms with Crippen LogP contribution in [-0.2, 0) is 0 Å². The van der Waals surface area contributed by atoms with Gasteiger partial charge in [0.05, 0.1) is 5.69 Å². The maximum atomic E-state index is 6.73. The predicted molar refractivity (Wildman–Crippen MR) is 243 cm³/mol. The van der Waals surface area contributed by atoms with E-state index in [9.17, 15) is 0 Å². The fourth-order valence-electron chi connectivity index (χ4n) is 8.62. The van der Waals surface area contributed by atoms with Crippen molar-refractivity contribution in [1.82, 2.24) is 0 Å². The molecule has 56 heavy (non-hydrogen) atoms. The largest absolute Gasteiger partial charge is 0.455 e. The molecule has 9 aromatic carbocycles. The second-order valence-corrected chi connectivity index (χ2v) is 16.6. The van der Waals surface area contributed by atoms with Gasteiger partial charge >= 0.3 is 0 Å². The normalized spacial score (nSPS) is 11.9. The molecule has 262 valence electrons. The number of benzene rings is 9. The summed E-state index contributed by atoms with van der Waals surface area (Å²) in [5.41, 5.74) is 9.86. The van der Waals surface area contributed by atoms with E-state index in [1.807, 2.05) is 22.7 Å². The maximum Gasteiger partial charge on any atom is 0.143 e. The first-order chi connectivity index (χ1) is 27.7. The van der Waals surface area contributed by atoms with Gasteiger partial charge in [0.15, 0.2) is 0 Å². The molecule has 0 amide bonds. The Bertz CT molecular complexity index is 3480. The number of furan rings is 1. The summed E-state index contributed by atoms with van der Waals surface area (Å²) in [5, 5.41) is 9.79. The van der Waals surface area contributed by atoms with Crippen LogP contribution in [0, 0.1) is 0 Å². The molecule has 4 heteroatoms. The lowest BCUT2D eigenvalue weighted by atomic mass is 10.0. The van der Waals surface area contributed by atoms with Gasteiger partial charge in [-0.25, -0.2) is 0 Å². The van der Waals surface area contributed by atoms with Gasteiger partial charge in [-0.05, 0) is 88.8 Å². The summed E-state index contributed by atoms with van der Waals surface area (Å²) in [6, 6.07) is 68.4. The van der Waals surface area contributed by atoms with E-state index in [1.165, 1.54) is 56.9 Å². The van der Waals surface area contributed by atoms with Crippen LogP contribution in [0.5, 0.6) is 0 Å². The molecular formula is C52H31NOS2. The van der Waals surface area contributed by atoms with Crippen LogP contribution in [0.3, 0.4) is 0 Å². The third-order valence-corrected chi connectivity index (χ3v) is 13.6. The van der Waals surface area contributed by atoms with Crippen molar-refractivity contribution < 1.29 is 4.42 Å². The Morgan fingerprint density at radius 1 is 0.357 bits per heavy atom. The van der Waals surface area contributed by atoms with Crippen molar-refractivity contribution in [1.29, 1.82) is 0 Å². The Labute approximate surface area is 330 Å². The number of thiophene rings is 2. The van der Waals surface area contributed by atoms with Crippen molar-refractivity contribution in [3.63, 3.8) is 0 Å². The topological polar surface area (TPSA) is 16.4 Å². The number of anilines is 3. The Hall–Kier alpha value is -6.72. The third kappa shape index (κ3) is 4.86. The summed E-state index contributed by atoms with van der Waals surface area (Å²) >= 11 is 3.71. The van der Waals surface area contributed by atoms with Crippen LogP contribution >= 0.6 is 22.7 Å². The standard InChI is InChI=1S/C52H31NOS2/c1-2-10-38-33(9-1)23-29-42-41-14-7-13-39(51(41)54-52(38)42)34-21-27-37(28-22-34)53(45-15-8-18-49-50(45)43-12-4-6-17-47(43)56-49)36-25-19-32(20-26-36)35-24-30-48-44(31-35)40-11-3-5-16-46(40)55-48/h1-31H. The number of hydrogen-bond donors (Lipinski definition) is 0. The zero-order valence-electron chi connectivity index (χ0n) is 30.1. The van der Waals surface area contributed by atoms with Gasteiger partial charge in [0.1, 0.15) is 11.2 Å². The van der Waals surface area contributed by atoms with E-state index in [-0.39, 0.29) is 0 Å². The lowest BCUT2D eigenvalue weighted by Crippen LogP contribution is -2.10. The molecule has 0 aliphatic rings. The molecule has 0 fully saturated rings. The highest BCUT2D eigenvalue weighted by molar-refractivity contribution is 7.26. The van der Waals surface area contributed by atoms with Crippen LogP contribution in [0.2, 0.25) is 0 Å².